The highest BCUT2D eigenvalue weighted by Gasteiger charge is 2.29. The molecule has 8 nitrogen and oxygen atoms in total. The van der Waals surface area contributed by atoms with E-state index in [1.165, 1.54) is 12.8 Å². The fourth-order valence-corrected chi connectivity index (χ4v) is 4.40. The average Bonchev–Trinajstić information content (AvgIpc) is 3.02. The summed E-state index contributed by atoms with van der Waals surface area (Å²) in [5.41, 5.74) is 3.07. The first-order valence-electron chi connectivity index (χ1n) is 10.9. The van der Waals surface area contributed by atoms with E-state index in [0.29, 0.717) is 34.0 Å². The molecule has 2 heterocycles. The molecule has 0 bridgehead atoms. The lowest BCUT2D eigenvalue weighted by Gasteiger charge is -2.22. The van der Waals surface area contributed by atoms with Gasteiger partial charge in [0.25, 0.3) is 0 Å². The summed E-state index contributed by atoms with van der Waals surface area (Å²) in [4.78, 5) is 4.71. The maximum Gasteiger partial charge on any atom is 0.247 e. The van der Waals surface area contributed by atoms with Gasteiger partial charge in [-0.1, -0.05) is 49.7 Å². The van der Waals surface area contributed by atoms with Crippen LogP contribution in [-0.4, -0.2) is 42.3 Å². The third-order valence-corrected chi connectivity index (χ3v) is 6.25. The van der Waals surface area contributed by atoms with Gasteiger partial charge in [0, 0.05) is 23.1 Å². The second kappa shape index (κ2) is 10.6. The molecule has 2 aromatic carbocycles. The summed E-state index contributed by atoms with van der Waals surface area (Å²) in [6.45, 7) is 2.19. The van der Waals surface area contributed by atoms with E-state index in [1.807, 2.05) is 30.3 Å². The number of unbranched alkanes of at least 4 members (excludes halogenated alkanes) is 2. The summed E-state index contributed by atoms with van der Waals surface area (Å²) in [5.74, 6) is 3.10. The Morgan fingerprint density at radius 3 is 2.48 bits per heavy atom. The van der Waals surface area contributed by atoms with Crippen LogP contribution >= 0.6 is 11.8 Å². The molecule has 1 aliphatic rings. The zero-order valence-electron chi connectivity index (χ0n) is 19.3. The molecule has 3 aromatic rings. The lowest BCUT2D eigenvalue weighted by atomic mass is 10.1. The molecule has 0 radical (unpaired) electrons. The summed E-state index contributed by atoms with van der Waals surface area (Å²) in [6.07, 6.45) is 2.86. The van der Waals surface area contributed by atoms with Crippen LogP contribution in [0.2, 0.25) is 0 Å². The minimum absolute atomic E-state index is 0.419. The van der Waals surface area contributed by atoms with Crippen molar-refractivity contribution in [1.29, 1.82) is 0 Å². The zero-order valence-corrected chi connectivity index (χ0v) is 20.1. The van der Waals surface area contributed by atoms with Crippen molar-refractivity contribution in [2.75, 3.05) is 32.4 Å². The second-order valence-electron chi connectivity index (χ2n) is 7.44. The van der Waals surface area contributed by atoms with Crippen LogP contribution in [0.25, 0.3) is 11.3 Å². The van der Waals surface area contributed by atoms with Gasteiger partial charge in [-0.3, -0.25) is 0 Å². The smallest absolute Gasteiger partial charge is 0.247 e. The highest BCUT2D eigenvalue weighted by atomic mass is 32.2. The summed E-state index contributed by atoms with van der Waals surface area (Å²) < 4.78 is 23.0. The standard InChI is InChI=1S/C24H28N4O4S/c1-5-6-9-12-33-24-26-23-21(27-28-24)15-10-7-8-11-17(15)25-22(32-23)16-13-19(30-3)20(31-4)14-18(16)29-2/h7-8,10-11,13-14,22,25H,5-6,9,12H2,1-4H3. The van der Waals surface area contributed by atoms with Crippen molar-refractivity contribution in [3.05, 3.63) is 42.0 Å². The number of para-hydroxylation sites is 1. The maximum absolute atomic E-state index is 6.39. The van der Waals surface area contributed by atoms with Crippen LogP contribution in [0.1, 0.15) is 38.0 Å². The summed E-state index contributed by atoms with van der Waals surface area (Å²) in [6, 6.07) is 11.5. The Hall–Kier alpha value is -3.20. The van der Waals surface area contributed by atoms with Crippen molar-refractivity contribution < 1.29 is 18.9 Å². The fraction of sp³-hybridized carbons (Fsp3) is 0.375. The van der Waals surface area contributed by atoms with Crippen LogP contribution < -0.4 is 24.3 Å². The van der Waals surface area contributed by atoms with Crippen molar-refractivity contribution in [2.24, 2.45) is 0 Å². The van der Waals surface area contributed by atoms with Crippen LogP contribution in [0, 0.1) is 0 Å². The number of hydrogen-bond donors (Lipinski definition) is 1. The normalized spacial score (nSPS) is 14.2. The third kappa shape index (κ3) is 4.93. The largest absolute Gasteiger partial charge is 0.496 e. The molecule has 0 fully saturated rings. The number of rotatable bonds is 9. The predicted molar refractivity (Wildman–Crippen MR) is 129 cm³/mol. The number of nitrogens with zero attached hydrogens (tertiary/aromatic N) is 3. The maximum atomic E-state index is 6.39. The molecule has 1 aromatic heterocycles. The van der Waals surface area contributed by atoms with Gasteiger partial charge in [-0.05, 0) is 18.6 Å². The van der Waals surface area contributed by atoms with Crippen LogP contribution in [0.5, 0.6) is 23.1 Å². The van der Waals surface area contributed by atoms with E-state index in [9.17, 15) is 0 Å². The van der Waals surface area contributed by atoms with E-state index in [4.69, 9.17) is 23.9 Å². The van der Waals surface area contributed by atoms with Gasteiger partial charge in [0.05, 0.1) is 26.9 Å². The Labute approximate surface area is 198 Å². The lowest BCUT2D eigenvalue weighted by Crippen LogP contribution is -2.18. The van der Waals surface area contributed by atoms with E-state index in [0.717, 1.165) is 29.0 Å². The quantitative estimate of drug-likeness (QED) is 0.330. The SMILES string of the molecule is CCCCCSc1nnc2c(n1)OC(c1cc(OC)c(OC)cc1OC)Nc1ccccc1-2. The molecule has 9 heteroatoms. The molecule has 1 N–H and O–H groups in total. The molecule has 4 rings (SSSR count). The number of fused-ring (bicyclic) bond motifs is 3. The lowest BCUT2D eigenvalue weighted by molar-refractivity contribution is 0.218. The Bertz CT molecular complexity index is 1110. The highest BCUT2D eigenvalue weighted by molar-refractivity contribution is 7.99. The first-order valence-corrected chi connectivity index (χ1v) is 11.9. The number of ether oxygens (including phenoxy) is 4. The molecule has 1 aliphatic heterocycles. The topological polar surface area (TPSA) is 87.6 Å². The third-order valence-electron chi connectivity index (χ3n) is 5.33. The summed E-state index contributed by atoms with van der Waals surface area (Å²) >= 11 is 1.59. The van der Waals surface area contributed by atoms with Crippen molar-refractivity contribution >= 4 is 17.4 Å². The van der Waals surface area contributed by atoms with E-state index >= 15 is 0 Å². The molecule has 1 unspecified atom stereocenters. The van der Waals surface area contributed by atoms with Crippen LogP contribution in [-0.2, 0) is 0 Å². The van der Waals surface area contributed by atoms with Gasteiger partial charge >= 0.3 is 0 Å². The molecular formula is C24H28N4O4S. The molecule has 0 spiro atoms. The van der Waals surface area contributed by atoms with Crippen LogP contribution in [0.4, 0.5) is 5.69 Å². The number of hydrogen-bond acceptors (Lipinski definition) is 9. The molecule has 0 amide bonds. The number of anilines is 1. The predicted octanol–water partition coefficient (Wildman–Crippen LogP) is 5.35. The van der Waals surface area contributed by atoms with E-state index < -0.39 is 6.23 Å². The van der Waals surface area contributed by atoms with Crippen molar-refractivity contribution in [3.8, 4) is 34.4 Å². The molecule has 174 valence electrons. The van der Waals surface area contributed by atoms with Gasteiger partial charge in [-0.15, -0.1) is 10.2 Å². The highest BCUT2D eigenvalue weighted by Crippen LogP contribution is 2.43. The van der Waals surface area contributed by atoms with Gasteiger partial charge < -0.3 is 24.3 Å². The molecule has 0 aliphatic carbocycles. The van der Waals surface area contributed by atoms with E-state index in [1.54, 1.807) is 39.2 Å². The van der Waals surface area contributed by atoms with Gasteiger partial charge in [-0.25, -0.2) is 0 Å². The Morgan fingerprint density at radius 1 is 0.970 bits per heavy atom. The summed E-state index contributed by atoms with van der Waals surface area (Å²) in [7, 11) is 4.80. The Kier molecular flexibility index (Phi) is 7.39. The minimum Gasteiger partial charge on any atom is -0.496 e. The first-order chi connectivity index (χ1) is 16.2. The molecule has 0 saturated carbocycles. The zero-order chi connectivity index (χ0) is 23.2. The molecular weight excluding hydrogens is 440 g/mol. The van der Waals surface area contributed by atoms with Crippen LogP contribution in [0.3, 0.4) is 0 Å². The van der Waals surface area contributed by atoms with E-state index in [-0.39, 0.29) is 0 Å². The molecule has 1 atom stereocenters. The van der Waals surface area contributed by atoms with Crippen LogP contribution in [0.15, 0.2) is 41.6 Å². The molecule has 33 heavy (non-hydrogen) atoms. The van der Waals surface area contributed by atoms with Gasteiger partial charge in [0.1, 0.15) is 5.75 Å². The average molecular weight is 469 g/mol. The second-order valence-corrected chi connectivity index (χ2v) is 8.50. The van der Waals surface area contributed by atoms with Crippen molar-refractivity contribution in [2.45, 2.75) is 37.6 Å². The number of methoxy groups -OCH3 is 3. The number of benzene rings is 2. The van der Waals surface area contributed by atoms with Gasteiger partial charge in [0.15, 0.2) is 17.2 Å². The Morgan fingerprint density at radius 2 is 1.73 bits per heavy atom. The molecule has 0 saturated heterocycles. The first kappa shape index (κ1) is 23.0. The summed E-state index contributed by atoms with van der Waals surface area (Å²) in [5, 5.41) is 12.9. The fourth-order valence-electron chi connectivity index (χ4n) is 3.62. The number of nitrogens with one attached hydrogen (secondary N) is 1. The van der Waals surface area contributed by atoms with Gasteiger partial charge in [-0.2, -0.15) is 4.98 Å². The monoisotopic (exact) mass is 468 g/mol. The van der Waals surface area contributed by atoms with Crippen molar-refractivity contribution in [3.63, 3.8) is 0 Å². The van der Waals surface area contributed by atoms with E-state index in [2.05, 4.69) is 22.4 Å². The minimum atomic E-state index is -0.600. The number of thioether (sulfide) groups is 1. The van der Waals surface area contributed by atoms with Crippen molar-refractivity contribution in [1.82, 2.24) is 15.2 Å². The number of aromatic nitrogens is 3. The Balaban J connectivity index is 1.75. The van der Waals surface area contributed by atoms with Gasteiger partial charge in [0.2, 0.25) is 17.3 Å².